The summed E-state index contributed by atoms with van der Waals surface area (Å²) in [6.07, 6.45) is 0. The number of nitrogens with zero attached hydrogens (tertiary/aromatic N) is 2. The highest BCUT2D eigenvalue weighted by Crippen LogP contribution is 2.26. The van der Waals surface area contributed by atoms with Crippen LogP contribution in [0.2, 0.25) is 0 Å². The maximum absolute atomic E-state index is 12.3. The number of benzene rings is 2. The average Bonchev–Trinajstić information content (AvgIpc) is 3.43. The highest BCUT2D eigenvalue weighted by atomic mass is 32.1. The molecule has 2 heterocycles. The SMILES string of the molecule is COc1ccc(-c2csc(NC(=O)COC(=O)c3ccc(-c4nc(C)c(C)[nH]4)cc3)n2)cc1. The van der Waals surface area contributed by atoms with E-state index in [-0.39, 0.29) is 0 Å². The van der Waals surface area contributed by atoms with Crippen LogP contribution in [0.1, 0.15) is 21.7 Å². The molecule has 33 heavy (non-hydrogen) atoms. The van der Waals surface area contributed by atoms with Crippen molar-refractivity contribution in [3.05, 3.63) is 70.9 Å². The summed E-state index contributed by atoms with van der Waals surface area (Å²) < 4.78 is 10.3. The Kier molecular flexibility index (Phi) is 6.50. The van der Waals surface area contributed by atoms with Gasteiger partial charge in [0.1, 0.15) is 11.6 Å². The van der Waals surface area contributed by atoms with Gasteiger partial charge in [-0.1, -0.05) is 12.1 Å². The summed E-state index contributed by atoms with van der Waals surface area (Å²) in [5.74, 6) is 0.450. The first kappa shape index (κ1) is 22.2. The molecule has 8 nitrogen and oxygen atoms in total. The van der Waals surface area contributed by atoms with Gasteiger partial charge in [0.15, 0.2) is 11.7 Å². The quantitative estimate of drug-likeness (QED) is 0.388. The fourth-order valence-corrected chi connectivity index (χ4v) is 3.78. The number of aryl methyl sites for hydroxylation is 2. The molecular formula is C24H22N4O4S. The van der Waals surface area contributed by atoms with Crippen molar-refractivity contribution in [1.29, 1.82) is 0 Å². The number of anilines is 1. The summed E-state index contributed by atoms with van der Waals surface area (Å²) in [4.78, 5) is 36.6. The van der Waals surface area contributed by atoms with Crippen molar-refractivity contribution in [3.63, 3.8) is 0 Å². The Bertz CT molecular complexity index is 1260. The van der Waals surface area contributed by atoms with Gasteiger partial charge >= 0.3 is 5.97 Å². The molecule has 1 amide bonds. The second-order valence-electron chi connectivity index (χ2n) is 7.26. The number of esters is 1. The highest BCUT2D eigenvalue weighted by Gasteiger charge is 2.13. The van der Waals surface area contributed by atoms with Gasteiger partial charge in [0.25, 0.3) is 5.91 Å². The van der Waals surface area contributed by atoms with E-state index in [4.69, 9.17) is 9.47 Å². The number of carbonyl (C=O) groups excluding carboxylic acids is 2. The van der Waals surface area contributed by atoms with Gasteiger partial charge < -0.3 is 14.5 Å². The lowest BCUT2D eigenvalue weighted by Crippen LogP contribution is -2.20. The molecule has 0 fully saturated rings. The molecule has 0 atom stereocenters. The van der Waals surface area contributed by atoms with Gasteiger partial charge in [-0.15, -0.1) is 11.3 Å². The van der Waals surface area contributed by atoms with Crippen molar-refractivity contribution >= 4 is 28.3 Å². The van der Waals surface area contributed by atoms with Crippen LogP contribution in [-0.2, 0) is 9.53 Å². The molecule has 9 heteroatoms. The average molecular weight is 463 g/mol. The third-order valence-corrected chi connectivity index (χ3v) is 5.75. The lowest BCUT2D eigenvalue weighted by molar-refractivity contribution is -0.119. The van der Waals surface area contributed by atoms with E-state index in [9.17, 15) is 9.59 Å². The maximum atomic E-state index is 12.3. The number of aromatic nitrogens is 3. The molecule has 0 spiro atoms. The van der Waals surface area contributed by atoms with Crippen molar-refractivity contribution < 1.29 is 19.1 Å². The van der Waals surface area contributed by atoms with Crippen molar-refractivity contribution in [1.82, 2.24) is 15.0 Å². The van der Waals surface area contributed by atoms with Crippen LogP contribution in [0.25, 0.3) is 22.6 Å². The van der Waals surface area contributed by atoms with Crippen LogP contribution in [0, 0.1) is 13.8 Å². The predicted octanol–water partition coefficient (Wildman–Crippen LogP) is 4.62. The molecule has 168 valence electrons. The van der Waals surface area contributed by atoms with E-state index >= 15 is 0 Å². The number of carbonyl (C=O) groups is 2. The highest BCUT2D eigenvalue weighted by molar-refractivity contribution is 7.14. The fraction of sp³-hybridized carbons (Fsp3) is 0.167. The van der Waals surface area contributed by atoms with E-state index in [1.54, 1.807) is 31.4 Å². The van der Waals surface area contributed by atoms with Gasteiger partial charge in [-0.2, -0.15) is 0 Å². The topological polar surface area (TPSA) is 106 Å². The van der Waals surface area contributed by atoms with E-state index < -0.39 is 18.5 Å². The molecule has 2 N–H and O–H groups in total. The smallest absolute Gasteiger partial charge is 0.338 e. The third-order valence-electron chi connectivity index (χ3n) is 4.99. The van der Waals surface area contributed by atoms with Crippen molar-refractivity contribution in [3.8, 4) is 28.4 Å². The summed E-state index contributed by atoms with van der Waals surface area (Å²) in [7, 11) is 1.61. The Morgan fingerprint density at radius 1 is 1.00 bits per heavy atom. The molecule has 0 saturated carbocycles. The number of nitrogens with one attached hydrogen (secondary N) is 2. The van der Waals surface area contributed by atoms with E-state index in [1.165, 1.54) is 11.3 Å². The lowest BCUT2D eigenvalue weighted by Gasteiger charge is -2.05. The second kappa shape index (κ2) is 9.66. The fourth-order valence-electron chi connectivity index (χ4n) is 3.04. The number of hydrogen-bond acceptors (Lipinski definition) is 7. The normalized spacial score (nSPS) is 10.6. The first-order valence-electron chi connectivity index (χ1n) is 10.1. The molecule has 4 aromatic rings. The zero-order valence-electron chi connectivity index (χ0n) is 18.3. The zero-order valence-corrected chi connectivity index (χ0v) is 19.2. The zero-order chi connectivity index (χ0) is 23.4. The minimum atomic E-state index is -0.582. The first-order chi connectivity index (χ1) is 15.9. The Hall–Kier alpha value is -3.98. The molecule has 0 unspecified atom stereocenters. The van der Waals surface area contributed by atoms with E-state index in [2.05, 4.69) is 20.3 Å². The van der Waals surface area contributed by atoms with Crippen LogP contribution in [0.3, 0.4) is 0 Å². The van der Waals surface area contributed by atoms with Crippen LogP contribution in [-0.4, -0.2) is 40.5 Å². The molecule has 0 aliphatic rings. The minimum Gasteiger partial charge on any atom is -0.497 e. The number of amides is 1. The Morgan fingerprint density at radius 2 is 1.70 bits per heavy atom. The molecule has 0 aliphatic heterocycles. The first-order valence-corrected chi connectivity index (χ1v) is 11.0. The van der Waals surface area contributed by atoms with Crippen LogP contribution in [0.15, 0.2) is 53.9 Å². The van der Waals surface area contributed by atoms with Gasteiger partial charge in [-0.25, -0.2) is 14.8 Å². The van der Waals surface area contributed by atoms with Gasteiger partial charge in [-0.3, -0.25) is 10.1 Å². The summed E-state index contributed by atoms with van der Waals surface area (Å²) in [6, 6.07) is 14.3. The van der Waals surface area contributed by atoms with E-state index in [0.717, 1.165) is 39.8 Å². The van der Waals surface area contributed by atoms with Crippen LogP contribution in [0.4, 0.5) is 5.13 Å². The van der Waals surface area contributed by atoms with Crippen LogP contribution >= 0.6 is 11.3 Å². The second-order valence-corrected chi connectivity index (χ2v) is 8.12. The monoisotopic (exact) mass is 462 g/mol. The summed E-state index contributed by atoms with van der Waals surface area (Å²) in [6.45, 7) is 3.47. The standard InChI is InChI=1S/C24H22N4O4S/c1-14-15(2)26-22(25-14)17-4-6-18(7-5-17)23(30)32-12-21(29)28-24-27-20(13-33-24)16-8-10-19(31-3)11-9-16/h4-11,13H,12H2,1-3H3,(H,25,26)(H,27,28,29). The largest absolute Gasteiger partial charge is 0.497 e. The molecule has 2 aromatic heterocycles. The molecule has 0 saturated heterocycles. The van der Waals surface area contributed by atoms with Gasteiger partial charge in [0, 0.05) is 22.2 Å². The van der Waals surface area contributed by atoms with Gasteiger partial charge in [0.05, 0.1) is 24.1 Å². The number of aromatic amines is 1. The summed E-state index contributed by atoms with van der Waals surface area (Å²) in [5, 5.41) is 4.92. The molecule has 0 radical (unpaired) electrons. The van der Waals surface area contributed by atoms with Gasteiger partial charge in [-0.05, 0) is 50.2 Å². The lowest BCUT2D eigenvalue weighted by atomic mass is 10.1. The van der Waals surface area contributed by atoms with Crippen molar-refractivity contribution in [2.45, 2.75) is 13.8 Å². The van der Waals surface area contributed by atoms with Crippen LogP contribution < -0.4 is 10.1 Å². The Morgan fingerprint density at radius 3 is 2.33 bits per heavy atom. The number of methoxy groups -OCH3 is 1. The van der Waals surface area contributed by atoms with E-state index in [0.29, 0.717) is 10.7 Å². The summed E-state index contributed by atoms with van der Waals surface area (Å²) >= 11 is 1.29. The minimum absolute atomic E-state index is 0.350. The maximum Gasteiger partial charge on any atom is 0.338 e. The number of imidazole rings is 1. The predicted molar refractivity (Wildman–Crippen MR) is 127 cm³/mol. The number of thiazole rings is 1. The number of rotatable bonds is 7. The molecule has 4 rings (SSSR count). The Labute approximate surface area is 194 Å². The van der Waals surface area contributed by atoms with Crippen molar-refractivity contribution in [2.24, 2.45) is 0 Å². The van der Waals surface area contributed by atoms with Crippen LogP contribution in [0.5, 0.6) is 5.75 Å². The third kappa shape index (κ3) is 5.27. The molecule has 0 bridgehead atoms. The van der Waals surface area contributed by atoms with Gasteiger partial charge in [0.2, 0.25) is 0 Å². The molecule has 2 aromatic carbocycles. The van der Waals surface area contributed by atoms with Crippen molar-refractivity contribution in [2.75, 3.05) is 19.0 Å². The summed E-state index contributed by atoms with van der Waals surface area (Å²) in [5.41, 5.74) is 4.77. The van der Waals surface area contributed by atoms with E-state index in [1.807, 2.05) is 43.5 Å². The number of hydrogen-bond donors (Lipinski definition) is 2. The number of H-pyrrole nitrogens is 1. The number of ether oxygens (including phenoxy) is 2. The molecule has 0 aliphatic carbocycles. The molecular weight excluding hydrogens is 440 g/mol. The Balaban J connectivity index is 1.30.